The summed E-state index contributed by atoms with van der Waals surface area (Å²) in [6.45, 7) is 0.0750. The van der Waals surface area contributed by atoms with Gasteiger partial charge in [0.1, 0.15) is 0 Å². The predicted octanol–water partition coefficient (Wildman–Crippen LogP) is 4.04. The van der Waals surface area contributed by atoms with Crippen molar-refractivity contribution in [1.29, 1.82) is 0 Å². The number of benzene rings is 3. The van der Waals surface area contributed by atoms with E-state index in [2.05, 4.69) is 4.72 Å². The highest BCUT2D eigenvalue weighted by Gasteiger charge is 2.17. The minimum atomic E-state index is -3.79. The summed E-state index contributed by atoms with van der Waals surface area (Å²) in [4.78, 5) is 13.9. The number of para-hydroxylation sites is 1. The number of sulfonamides is 1. The minimum absolute atomic E-state index is 0.0150. The van der Waals surface area contributed by atoms with Crippen LogP contribution >= 0.6 is 0 Å². The Morgan fingerprint density at radius 3 is 2.21 bits per heavy atom. The first-order valence-corrected chi connectivity index (χ1v) is 10.1. The van der Waals surface area contributed by atoms with Crippen LogP contribution in [0.4, 0.5) is 14.5 Å². The highest BCUT2D eigenvalue weighted by atomic mass is 32.2. The van der Waals surface area contributed by atoms with Crippen molar-refractivity contribution < 1.29 is 22.0 Å². The second-order valence-electron chi connectivity index (χ2n) is 6.41. The molecule has 0 atom stereocenters. The van der Waals surface area contributed by atoms with E-state index in [1.54, 1.807) is 30.3 Å². The summed E-state index contributed by atoms with van der Waals surface area (Å²) in [5.74, 6) is -2.32. The Morgan fingerprint density at radius 2 is 1.59 bits per heavy atom. The molecule has 0 bridgehead atoms. The predicted molar refractivity (Wildman–Crippen MR) is 106 cm³/mol. The highest BCUT2D eigenvalue weighted by Crippen LogP contribution is 2.18. The molecule has 0 unspecified atom stereocenters. The average molecular weight is 416 g/mol. The van der Waals surface area contributed by atoms with Gasteiger partial charge in [-0.05, 0) is 54.1 Å². The Labute approximate surface area is 167 Å². The van der Waals surface area contributed by atoms with Crippen LogP contribution in [0.1, 0.15) is 15.9 Å². The lowest BCUT2D eigenvalue weighted by molar-refractivity contribution is 0.0785. The van der Waals surface area contributed by atoms with Crippen molar-refractivity contribution >= 4 is 21.6 Å². The van der Waals surface area contributed by atoms with Gasteiger partial charge in [-0.15, -0.1) is 0 Å². The van der Waals surface area contributed by atoms with E-state index in [1.807, 2.05) is 0 Å². The molecule has 29 heavy (non-hydrogen) atoms. The quantitative estimate of drug-likeness (QED) is 0.660. The average Bonchev–Trinajstić information content (AvgIpc) is 2.70. The Balaban J connectivity index is 1.71. The fourth-order valence-electron chi connectivity index (χ4n) is 2.70. The first kappa shape index (κ1) is 20.5. The van der Waals surface area contributed by atoms with Crippen LogP contribution in [-0.2, 0) is 16.6 Å². The molecule has 0 saturated carbocycles. The third kappa shape index (κ3) is 4.97. The lowest BCUT2D eigenvalue weighted by atomic mass is 10.1. The molecule has 3 aromatic rings. The summed E-state index contributed by atoms with van der Waals surface area (Å²) in [6, 6.07) is 17.4. The van der Waals surface area contributed by atoms with Crippen molar-refractivity contribution in [3.05, 3.63) is 95.6 Å². The first-order chi connectivity index (χ1) is 13.8. The van der Waals surface area contributed by atoms with Gasteiger partial charge in [0.2, 0.25) is 0 Å². The van der Waals surface area contributed by atoms with E-state index in [-0.39, 0.29) is 22.9 Å². The van der Waals surface area contributed by atoms with Gasteiger partial charge in [-0.2, -0.15) is 0 Å². The molecule has 5 nitrogen and oxygen atoms in total. The van der Waals surface area contributed by atoms with E-state index in [1.165, 1.54) is 42.3 Å². The molecule has 1 amide bonds. The van der Waals surface area contributed by atoms with Crippen LogP contribution < -0.4 is 4.72 Å². The van der Waals surface area contributed by atoms with E-state index in [0.29, 0.717) is 11.3 Å². The van der Waals surface area contributed by atoms with E-state index >= 15 is 0 Å². The Bertz CT molecular complexity index is 1120. The maximum Gasteiger partial charge on any atom is 0.261 e. The smallest absolute Gasteiger partial charge is 0.261 e. The number of nitrogens with zero attached hydrogens (tertiary/aromatic N) is 1. The van der Waals surface area contributed by atoms with Crippen LogP contribution in [-0.4, -0.2) is 26.3 Å². The molecular formula is C21H18F2N2O3S. The third-order valence-corrected chi connectivity index (χ3v) is 5.59. The zero-order valence-corrected chi connectivity index (χ0v) is 16.3. The van der Waals surface area contributed by atoms with Gasteiger partial charge in [-0.1, -0.05) is 24.3 Å². The van der Waals surface area contributed by atoms with Crippen molar-refractivity contribution in [2.45, 2.75) is 11.4 Å². The highest BCUT2D eigenvalue weighted by molar-refractivity contribution is 7.92. The molecule has 0 saturated heterocycles. The minimum Gasteiger partial charge on any atom is -0.337 e. The molecule has 0 aliphatic rings. The van der Waals surface area contributed by atoms with Gasteiger partial charge in [0.05, 0.1) is 4.90 Å². The number of carbonyl (C=O) groups is 1. The van der Waals surface area contributed by atoms with Crippen LogP contribution in [0.5, 0.6) is 0 Å². The summed E-state index contributed by atoms with van der Waals surface area (Å²) in [5.41, 5.74) is 1.14. The number of amides is 1. The number of hydrogen-bond acceptors (Lipinski definition) is 3. The van der Waals surface area contributed by atoms with Crippen LogP contribution in [0.25, 0.3) is 0 Å². The molecule has 0 aliphatic carbocycles. The van der Waals surface area contributed by atoms with Crippen LogP contribution in [0.2, 0.25) is 0 Å². The second-order valence-corrected chi connectivity index (χ2v) is 8.09. The maximum absolute atomic E-state index is 13.3. The van der Waals surface area contributed by atoms with Gasteiger partial charge in [0, 0.05) is 24.8 Å². The lowest BCUT2D eigenvalue weighted by Gasteiger charge is -2.18. The number of nitrogens with one attached hydrogen (secondary N) is 1. The molecular weight excluding hydrogens is 398 g/mol. The van der Waals surface area contributed by atoms with Gasteiger partial charge in [-0.25, -0.2) is 17.2 Å². The fraction of sp³-hybridized carbons (Fsp3) is 0.0952. The van der Waals surface area contributed by atoms with Gasteiger partial charge < -0.3 is 4.90 Å². The molecule has 0 aliphatic heterocycles. The summed E-state index contributed by atoms with van der Waals surface area (Å²) < 4.78 is 53.7. The number of carbonyl (C=O) groups excluding carboxylic acids is 1. The van der Waals surface area contributed by atoms with Gasteiger partial charge in [-0.3, -0.25) is 9.52 Å². The second kappa shape index (κ2) is 8.40. The first-order valence-electron chi connectivity index (χ1n) is 8.63. The normalized spacial score (nSPS) is 11.1. The Hall–Kier alpha value is -3.26. The maximum atomic E-state index is 13.3. The molecule has 1 N–H and O–H groups in total. The van der Waals surface area contributed by atoms with Crippen molar-refractivity contribution in [3.63, 3.8) is 0 Å². The Kier molecular flexibility index (Phi) is 5.93. The topological polar surface area (TPSA) is 66.5 Å². The number of rotatable bonds is 6. The summed E-state index contributed by atoms with van der Waals surface area (Å²) in [7, 11) is -2.27. The molecule has 0 aromatic heterocycles. The largest absolute Gasteiger partial charge is 0.337 e. The van der Waals surface area contributed by atoms with Crippen molar-refractivity contribution in [2.75, 3.05) is 11.8 Å². The van der Waals surface area contributed by atoms with Gasteiger partial charge >= 0.3 is 0 Å². The zero-order chi connectivity index (χ0) is 21.0. The van der Waals surface area contributed by atoms with Crippen molar-refractivity contribution in [3.8, 4) is 0 Å². The zero-order valence-electron chi connectivity index (χ0n) is 15.5. The molecule has 0 radical (unpaired) electrons. The number of anilines is 1. The van der Waals surface area contributed by atoms with E-state index < -0.39 is 21.7 Å². The summed E-state index contributed by atoms with van der Waals surface area (Å²) in [6.07, 6.45) is 0. The van der Waals surface area contributed by atoms with E-state index in [0.717, 1.165) is 12.1 Å². The number of hydrogen-bond donors (Lipinski definition) is 1. The van der Waals surface area contributed by atoms with Crippen LogP contribution in [0.15, 0.2) is 77.7 Å². The molecule has 3 rings (SSSR count). The van der Waals surface area contributed by atoms with Crippen LogP contribution in [0, 0.1) is 11.6 Å². The van der Waals surface area contributed by atoms with E-state index in [9.17, 15) is 22.0 Å². The van der Waals surface area contributed by atoms with Gasteiger partial charge in [0.25, 0.3) is 15.9 Å². The van der Waals surface area contributed by atoms with Crippen molar-refractivity contribution in [2.24, 2.45) is 0 Å². The Morgan fingerprint density at radius 1 is 0.931 bits per heavy atom. The lowest BCUT2D eigenvalue weighted by Crippen LogP contribution is -2.26. The van der Waals surface area contributed by atoms with E-state index in [4.69, 9.17) is 0 Å². The third-order valence-electron chi connectivity index (χ3n) is 4.19. The fourth-order valence-corrected chi connectivity index (χ4v) is 3.76. The van der Waals surface area contributed by atoms with Gasteiger partial charge in [0.15, 0.2) is 11.6 Å². The van der Waals surface area contributed by atoms with Crippen molar-refractivity contribution in [1.82, 2.24) is 4.90 Å². The monoisotopic (exact) mass is 416 g/mol. The molecule has 8 heteroatoms. The molecule has 150 valence electrons. The standard InChI is InChI=1S/C21H18F2N2O3S/c1-25(14-15-7-12-19(22)20(23)13-15)21(26)16-8-10-18(11-9-16)29(27,28)24-17-5-3-2-4-6-17/h2-13,24H,14H2,1H3. The SMILES string of the molecule is CN(Cc1ccc(F)c(F)c1)C(=O)c1ccc(S(=O)(=O)Nc2ccccc2)cc1. The molecule has 0 spiro atoms. The van der Waals surface area contributed by atoms with Crippen LogP contribution in [0.3, 0.4) is 0 Å². The molecule has 0 fully saturated rings. The molecule has 3 aromatic carbocycles. The summed E-state index contributed by atoms with van der Waals surface area (Å²) in [5, 5.41) is 0. The number of halogens is 2. The summed E-state index contributed by atoms with van der Waals surface area (Å²) >= 11 is 0. The molecule has 0 heterocycles.